The van der Waals surface area contributed by atoms with Gasteiger partial charge in [0.25, 0.3) is 0 Å². The van der Waals surface area contributed by atoms with Gasteiger partial charge in [0, 0.05) is 26.1 Å². The zero-order chi connectivity index (χ0) is 18.8. The fraction of sp³-hybridized carbons (Fsp3) is 0.391. The molecule has 0 aliphatic carbocycles. The molecule has 0 aromatic heterocycles. The highest BCUT2D eigenvalue weighted by atomic mass is 16.2. The predicted octanol–water partition coefficient (Wildman–Crippen LogP) is 3.57. The van der Waals surface area contributed by atoms with E-state index in [1.165, 1.54) is 11.1 Å². The maximum Gasteiger partial charge on any atom is 0.228 e. The van der Waals surface area contributed by atoms with Crippen molar-refractivity contribution < 1.29 is 9.59 Å². The average Bonchev–Trinajstić information content (AvgIpc) is 2.73. The van der Waals surface area contributed by atoms with Crippen molar-refractivity contribution in [3.05, 3.63) is 71.3 Å². The fourth-order valence-electron chi connectivity index (χ4n) is 4.57. The molecule has 0 unspecified atom stereocenters. The standard InChI is InChI=1S/C23H26N2O2/c1-2-25-21(26)13-12-20(22(25)18-9-4-3-5-10-18)23(27)24-15-14-17-8-6-7-11-19(17)16-24/h3-11,20,22H,2,12-16H2,1H3/t20-,22+/m1/s1. The molecule has 2 aliphatic heterocycles. The van der Waals surface area contributed by atoms with Gasteiger partial charge in [0.2, 0.25) is 11.8 Å². The molecule has 2 aromatic rings. The molecule has 1 fully saturated rings. The van der Waals surface area contributed by atoms with Gasteiger partial charge in [-0.05, 0) is 36.5 Å². The van der Waals surface area contributed by atoms with Gasteiger partial charge in [-0.3, -0.25) is 9.59 Å². The summed E-state index contributed by atoms with van der Waals surface area (Å²) in [5.41, 5.74) is 3.64. The van der Waals surface area contributed by atoms with E-state index >= 15 is 0 Å². The predicted molar refractivity (Wildman–Crippen MR) is 105 cm³/mol. The maximum atomic E-state index is 13.5. The Morgan fingerprint density at radius 2 is 1.70 bits per heavy atom. The van der Waals surface area contributed by atoms with Crippen LogP contribution in [0.2, 0.25) is 0 Å². The summed E-state index contributed by atoms with van der Waals surface area (Å²) in [4.78, 5) is 29.9. The van der Waals surface area contributed by atoms with Gasteiger partial charge < -0.3 is 9.80 Å². The van der Waals surface area contributed by atoms with Gasteiger partial charge in [0.15, 0.2) is 0 Å². The molecular weight excluding hydrogens is 336 g/mol. The first-order valence-electron chi connectivity index (χ1n) is 9.89. The lowest BCUT2D eigenvalue weighted by atomic mass is 9.82. The number of amides is 2. The Labute approximate surface area is 160 Å². The Bertz CT molecular complexity index is 833. The smallest absolute Gasteiger partial charge is 0.228 e. The van der Waals surface area contributed by atoms with E-state index in [1.807, 2.05) is 53.1 Å². The molecule has 0 radical (unpaired) electrons. The highest BCUT2D eigenvalue weighted by Crippen LogP contribution is 2.38. The van der Waals surface area contributed by atoms with Crippen molar-refractivity contribution in [3.8, 4) is 0 Å². The number of hydrogen-bond donors (Lipinski definition) is 0. The lowest BCUT2D eigenvalue weighted by Crippen LogP contribution is -2.49. The van der Waals surface area contributed by atoms with E-state index in [-0.39, 0.29) is 23.8 Å². The number of hydrogen-bond acceptors (Lipinski definition) is 2. The van der Waals surface area contributed by atoms with Crippen LogP contribution in [0.15, 0.2) is 54.6 Å². The normalized spacial score (nSPS) is 22.5. The zero-order valence-electron chi connectivity index (χ0n) is 15.8. The highest BCUT2D eigenvalue weighted by molar-refractivity contribution is 5.85. The third-order valence-electron chi connectivity index (χ3n) is 5.95. The Morgan fingerprint density at radius 3 is 2.44 bits per heavy atom. The second-order valence-corrected chi connectivity index (χ2v) is 7.46. The van der Waals surface area contributed by atoms with Crippen molar-refractivity contribution in [2.45, 2.75) is 38.8 Å². The van der Waals surface area contributed by atoms with Crippen molar-refractivity contribution in [1.82, 2.24) is 9.80 Å². The molecule has 4 rings (SSSR count). The Morgan fingerprint density at radius 1 is 1.00 bits per heavy atom. The summed E-state index contributed by atoms with van der Waals surface area (Å²) in [6.07, 6.45) is 1.99. The Hall–Kier alpha value is -2.62. The molecule has 2 amide bonds. The first-order chi connectivity index (χ1) is 13.2. The average molecular weight is 362 g/mol. The molecule has 0 bridgehead atoms. The lowest BCUT2D eigenvalue weighted by molar-refractivity contribution is -0.148. The van der Waals surface area contributed by atoms with Gasteiger partial charge in [-0.1, -0.05) is 54.6 Å². The van der Waals surface area contributed by atoms with E-state index < -0.39 is 0 Å². The first kappa shape index (κ1) is 17.8. The highest BCUT2D eigenvalue weighted by Gasteiger charge is 2.41. The van der Waals surface area contributed by atoms with E-state index in [4.69, 9.17) is 0 Å². The summed E-state index contributed by atoms with van der Waals surface area (Å²) in [6, 6.07) is 18.2. The summed E-state index contributed by atoms with van der Waals surface area (Å²) < 4.78 is 0. The third kappa shape index (κ3) is 3.36. The van der Waals surface area contributed by atoms with E-state index in [0.29, 0.717) is 25.9 Å². The molecule has 1 saturated heterocycles. The summed E-state index contributed by atoms with van der Waals surface area (Å²) in [5.74, 6) is 0.166. The third-order valence-corrected chi connectivity index (χ3v) is 5.95. The molecule has 2 heterocycles. The monoisotopic (exact) mass is 362 g/mol. The van der Waals surface area contributed by atoms with Gasteiger partial charge in [0.1, 0.15) is 0 Å². The van der Waals surface area contributed by atoms with Gasteiger partial charge in [-0.15, -0.1) is 0 Å². The molecule has 27 heavy (non-hydrogen) atoms. The molecule has 2 atom stereocenters. The molecule has 0 saturated carbocycles. The van der Waals surface area contributed by atoms with Crippen molar-refractivity contribution in [2.24, 2.45) is 5.92 Å². The van der Waals surface area contributed by atoms with Crippen LogP contribution in [0.1, 0.15) is 42.5 Å². The van der Waals surface area contributed by atoms with Gasteiger partial charge in [0.05, 0.1) is 12.0 Å². The van der Waals surface area contributed by atoms with Crippen molar-refractivity contribution >= 4 is 11.8 Å². The quantitative estimate of drug-likeness (QED) is 0.837. The number of likely N-dealkylation sites (tertiary alicyclic amines) is 1. The lowest BCUT2D eigenvalue weighted by Gasteiger charge is -2.42. The molecule has 4 heteroatoms. The van der Waals surface area contributed by atoms with Crippen molar-refractivity contribution in [2.75, 3.05) is 13.1 Å². The topological polar surface area (TPSA) is 40.6 Å². The molecule has 4 nitrogen and oxygen atoms in total. The molecule has 2 aliphatic rings. The van der Waals surface area contributed by atoms with Crippen LogP contribution in [0.5, 0.6) is 0 Å². The number of carbonyl (C=O) groups is 2. The number of benzene rings is 2. The number of carbonyl (C=O) groups excluding carboxylic acids is 2. The molecule has 140 valence electrons. The summed E-state index contributed by atoms with van der Waals surface area (Å²) in [6.45, 7) is 4.06. The van der Waals surface area contributed by atoms with Crippen LogP contribution in [0.3, 0.4) is 0 Å². The van der Waals surface area contributed by atoms with E-state index in [0.717, 1.165) is 18.5 Å². The maximum absolute atomic E-state index is 13.5. The van der Waals surface area contributed by atoms with Crippen molar-refractivity contribution in [3.63, 3.8) is 0 Å². The Balaban J connectivity index is 1.62. The number of rotatable bonds is 3. The molecular formula is C23H26N2O2. The van der Waals surface area contributed by atoms with Gasteiger partial charge in [-0.2, -0.15) is 0 Å². The van der Waals surface area contributed by atoms with Gasteiger partial charge >= 0.3 is 0 Å². The minimum absolute atomic E-state index is 0.152. The van der Waals surface area contributed by atoms with Crippen LogP contribution < -0.4 is 0 Å². The van der Waals surface area contributed by atoms with Gasteiger partial charge in [-0.25, -0.2) is 0 Å². The summed E-state index contributed by atoms with van der Waals surface area (Å²) >= 11 is 0. The molecule has 2 aromatic carbocycles. The van der Waals surface area contributed by atoms with Crippen LogP contribution in [0.25, 0.3) is 0 Å². The summed E-state index contributed by atoms with van der Waals surface area (Å²) in [7, 11) is 0. The van der Waals surface area contributed by atoms with Crippen LogP contribution in [0.4, 0.5) is 0 Å². The number of fused-ring (bicyclic) bond motifs is 1. The number of nitrogens with zero attached hydrogens (tertiary/aromatic N) is 2. The van der Waals surface area contributed by atoms with E-state index in [9.17, 15) is 9.59 Å². The minimum Gasteiger partial charge on any atom is -0.338 e. The first-order valence-corrected chi connectivity index (χ1v) is 9.89. The van der Waals surface area contributed by atoms with Crippen LogP contribution >= 0.6 is 0 Å². The SMILES string of the molecule is CCN1C(=O)CC[C@@H](C(=O)N2CCc3ccccc3C2)[C@@H]1c1ccccc1. The number of piperidine rings is 1. The molecule has 0 spiro atoms. The zero-order valence-corrected chi connectivity index (χ0v) is 15.8. The minimum atomic E-state index is -0.171. The van der Waals surface area contributed by atoms with Crippen molar-refractivity contribution in [1.29, 1.82) is 0 Å². The van der Waals surface area contributed by atoms with Crippen LogP contribution in [-0.2, 0) is 22.6 Å². The summed E-state index contributed by atoms with van der Waals surface area (Å²) in [5, 5.41) is 0. The second kappa shape index (κ2) is 7.55. The largest absolute Gasteiger partial charge is 0.338 e. The van der Waals surface area contributed by atoms with Crippen LogP contribution in [0, 0.1) is 5.92 Å². The van der Waals surface area contributed by atoms with E-state index in [1.54, 1.807) is 0 Å². The fourth-order valence-corrected chi connectivity index (χ4v) is 4.57. The molecule has 0 N–H and O–H groups in total. The van der Waals surface area contributed by atoms with Crippen LogP contribution in [-0.4, -0.2) is 34.7 Å². The Kier molecular flexibility index (Phi) is 4.97. The van der Waals surface area contributed by atoms with E-state index in [2.05, 4.69) is 18.2 Å². The second-order valence-electron chi connectivity index (χ2n) is 7.46.